The van der Waals surface area contributed by atoms with Crippen LogP contribution in [0.5, 0.6) is 5.75 Å². The minimum Gasteiger partial charge on any atom is -0.492 e. The Morgan fingerprint density at radius 3 is 2.39 bits per heavy atom. The number of fused-ring (bicyclic) bond motifs is 1. The van der Waals surface area contributed by atoms with Gasteiger partial charge in [-0.1, -0.05) is 29.3 Å². The molecule has 17 heteroatoms. The van der Waals surface area contributed by atoms with Crippen LogP contribution >= 0.6 is 23.2 Å². The third-order valence-electron chi connectivity index (χ3n) is 7.88. The number of H-pyrrole nitrogens is 1. The van der Waals surface area contributed by atoms with Crippen molar-refractivity contribution < 1.29 is 27.1 Å². The van der Waals surface area contributed by atoms with Gasteiger partial charge in [0.2, 0.25) is 5.43 Å². The predicted octanol–water partition coefficient (Wildman–Crippen LogP) is 4.15. The summed E-state index contributed by atoms with van der Waals surface area (Å²) in [5, 5.41) is 4.79. The van der Waals surface area contributed by atoms with Crippen molar-refractivity contribution in [1.29, 1.82) is 0 Å². The van der Waals surface area contributed by atoms with Gasteiger partial charge in [-0.25, -0.2) is 13.9 Å². The number of methoxy groups -OCH3 is 1. The number of hydrogen-bond acceptors (Lipinski definition) is 7. The fourth-order valence-electron chi connectivity index (χ4n) is 5.89. The van der Waals surface area contributed by atoms with Crippen LogP contribution in [0, 0.1) is 5.82 Å². The van der Waals surface area contributed by atoms with E-state index in [1.54, 1.807) is 23.1 Å². The van der Waals surface area contributed by atoms with Crippen LogP contribution in [0.3, 0.4) is 0 Å². The number of nitrogens with one attached hydrogen (secondary N) is 1. The van der Waals surface area contributed by atoms with E-state index in [9.17, 15) is 27.6 Å². The lowest BCUT2D eigenvalue weighted by atomic mass is 10.0. The smallest absolute Gasteiger partial charge is 0.406 e. The number of carbonyl (C=O) groups excluding carboxylic acids is 1. The minimum atomic E-state index is -4.75. The lowest BCUT2D eigenvalue weighted by Crippen LogP contribution is -2.56. The molecule has 0 saturated carbocycles. The van der Waals surface area contributed by atoms with E-state index < -0.39 is 46.5 Å². The average molecular weight is 686 g/mol. The Morgan fingerprint density at radius 2 is 1.80 bits per heavy atom. The van der Waals surface area contributed by atoms with Gasteiger partial charge in [0, 0.05) is 41.4 Å². The molecule has 11 nitrogen and oxygen atoms in total. The number of aromatic nitrogens is 4. The fourth-order valence-corrected chi connectivity index (χ4v) is 6.36. The van der Waals surface area contributed by atoms with Crippen molar-refractivity contribution in [3.05, 3.63) is 84.0 Å². The summed E-state index contributed by atoms with van der Waals surface area (Å²) in [5.74, 6) is -2.06. The van der Waals surface area contributed by atoms with E-state index in [1.807, 2.05) is 18.7 Å². The van der Waals surface area contributed by atoms with Crippen molar-refractivity contribution in [2.75, 3.05) is 25.1 Å². The molecule has 1 saturated heterocycles. The Labute approximate surface area is 269 Å². The summed E-state index contributed by atoms with van der Waals surface area (Å²) < 4.78 is 63.9. The van der Waals surface area contributed by atoms with Crippen molar-refractivity contribution in [3.63, 3.8) is 0 Å². The maximum Gasteiger partial charge on any atom is 0.406 e. The molecule has 0 bridgehead atoms. The van der Waals surface area contributed by atoms with Crippen LogP contribution in [-0.4, -0.2) is 68.6 Å². The number of alkyl halides is 3. The Hall–Kier alpha value is -4.08. The van der Waals surface area contributed by atoms with Gasteiger partial charge in [-0.3, -0.25) is 19.5 Å². The van der Waals surface area contributed by atoms with E-state index in [0.717, 1.165) is 13.2 Å². The van der Waals surface area contributed by atoms with Gasteiger partial charge in [0.25, 0.3) is 5.91 Å². The zero-order valence-corrected chi connectivity index (χ0v) is 26.3. The number of piperazine rings is 1. The molecule has 1 fully saturated rings. The zero-order valence-electron chi connectivity index (χ0n) is 24.8. The number of nitrogens with zero attached hydrogens (tertiary/aromatic N) is 5. The first-order chi connectivity index (χ1) is 21.6. The molecule has 1 amide bonds. The summed E-state index contributed by atoms with van der Waals surface area (Å²) in [4.78, 5) is 43.9. The lowest BCUT2D eigenvalue weighted by molar-refractivity contribution is -0.140. The van der Waals surface area contributed by atoms with Crippen LogP contribution in [0.4, 0.5) is 23.2 Å². The number of pyridine rings is 1. The Kier molecular flexibility index (Phi) is 9.12. The van der Waals surface area contributed by atoms with E-state index in [0.29, 0.717) is 32.2 Å². The highest BCUT2D eigenvalue weighted by Crippen LogP contribution is 2.40. The number of anilines is 1. The van der Waals surface area contributed by atoms with E-state index in [4.69, 9.17) is 33.7 Å². The van der Waals surface area contributed by atoms with E-state index in [1.165, 1.54) is 4.68 Å². The van der Waals surface area contributed by atoms with Crippen LogP contribution in [0.1, 0.15) is 35.6 Å². The minimum absolute atomic E-state index is 0.117. The second-order valence-electron chi connectivity index (χ2n) is 11.2. The number of hydrogen-bond donors (Lipinski definition) is 2. The van der Waals surface area contributed by atoms with Crippen molar-refractivity contribution in [2.45, 2.75) is 51.7 Å². The summed E-state index contributed by atoms with van der Waals surface area (Å²) in [6.07, 6.45) is -4.03. The molecule has 2 aromatic heterocycles. The second-order valence-corrected chi connectivity index (χ2v) is 12.0. The number of halogens is 6. The summed E-state index contributed by atoms with van der Waals surface area (Å²) in [6, 6.07) is 5.21. The number of primary amides is 1. The molecule has 1 aliphatic heterocycles. The Morgan fingerprint density at radius 1 is 1.13 bits per heavy atom. The van der Waals surface area contributed by atoms with Crippen LogP contribution in [0.15, 0.2) is 40.1 Å². The SMILES string of the molecule is COc1c(N2CC(C)N(Cc3nn(Cc4ccc(Cl)cc4Cl)c(=O)[nH]3)C(C)C2)c(F)cc2c(=O)c(C(N)=O)cn(CC(F)(F)F)c12. The average Bonchev–Trinajstić information content (AvgIpc) is 3.30. The molecule has 0 radical (unpaired) electrons. The molecule has 0 spiro atoms. The molecule has 1 aliphatic rings. The third-order valence-corrected chi connectivity index (χ3v) is 8.46. The molecule has 2 atom stereocenters. The maximum absolute atomic E-state index is 15.8. The normalized spacial score (nSPS) is 17.5. The van der Waals surface area contributed by atoms with Crippen molar-refractivity contribution in [2.24, 2.45) is 5.73 Å². The largest absolute Gasteiger partial charge is 0.492 e. The summed E-state index contributed by atoms with van der Waals surface area (Å²) in [5.41, 5.74) is 3.28. The summed E-state index contributed by atoms with van der Waals surface area (Å²) in [7, 11) is 1.16. The van der Waals surface area contributed by atoms with Gasteiger partial charge in [0.05, 0.1) is 31.1 Å². The van der Waals surface area contributed by atoms with E-state index in [2.05, 4.69) is 10.1 Å². The number of rotatable bonds is 8. The van der Waals surface area contributed by atoms with Gasteiger partial charge in [-0.2, -0.15) is 18.3 Å². The van der Waals surface area contributed by atoms with Crippen molar-refractivity contribution >= 4 is 45.7 Å². The Bertz CT molecular complexity index is 1930. The lowest BCUT2D eigenvalue weighted by Gasteiger charge is -2.45. The van der Waals surface area contributed by atoms with Crippen LogP contribution in [0.2, 0.25) is 10.0 Å². The van der Waals surface area contributed by atoms with Crippen molar-refractivity contribution in [1.82, 2.24) is 24.2 Å². The first kappa shape index (κ1) is 33.3. The van der Waals surface area contributed by atoms with E-state index in [-0.39, 0.29) is 55.2 Å². The molecule has 3 N–H and O–H groups in total. The number of aromatic amines is 1. The predicted molar refractivity (Wildman–Crippen MR) is 164 cm³/mol. The van der Waals surface area contributed by atoms with Gasteiger partial charge >= 0.3 is 11.9 Å². The topological polar surface area (TPSA) is 131 Å². The van der Waals surface area contributed by atoms with Gasteiger partial charge < -0.3 is 19.9 Å². The maximum atomic E-state index is 15.8. The number of amides is 1. The molecule has 0 aliphatic carbocycles. The molecule has 2 unspecified atom stereocenters. The standard InChI is InChI=1S/C29H29Cl2F4N7O4/c1-14-8-39(9-15(2)41(14)12-22-37-28(45)42(38-22)10-16-4-5-17(30)6-20(16)31)24-21(32)7-18-23(26(24)46-3)40(13-29(33,34)35)11-19(25(18)43)27(36)44/h4-7,11,14-15H,8-10,12-13H2,1-3H3,(H2,36,44)(H,37,38,45). The quantitative estimate of drug-likeness (QED) is 0.267. The third kappa shape index (κ3) is 6.57. The molecule has 2 aromatic carbocycles. The van der Waals surface area contributed by atoms with Gasteiger partial charge in [0.15, 0.2) is 11.6 Å². The number of ether oxygens (including phenoxy) is 1. The molecule has 246 valence electrons. The molecule has 4 aromatic rings. The molecule has 46 heavy (non-hydrogen) atoms. The van der Waals surface area contributed by atoms with Crippen LogP contribution in [-0.2, 0) is 19.6 Å². The molecule has 3 heterocycles. The van der Waals surface area contributed by atoms with Gasteiger partial charge in [-0.05, 0) is 37.6 Å². The highest BCUT2D eigenvalue weighted by atomic mass is 35.5. The molecule has 5 rings (SSSR count). The number of benzene rings is 2. The second kappa shape index (κ2) is 12.6. The Balaban J connectivity index is 1.45. The fraction of sp³-hybridized carbons (Fsp3) is 0.379. The monoisotopic (exact) mass is 685 g/mol. The first-order valence-corrected chi connectivity index (χ1v) is 14.7. The van der Waals surface area contributed by atoms with Crippen LogP contribution < -0.4 is 26.5 Å². The van der Waals surface area contributed by atoms with Gasteiger partial charge in [0.1, 0.15) is 23.6 Å². The van der Waals surface area contributed by atoms with Crippen molar-refractivity contribution in [3.8, 4) is 5.75 Å². The highest BCUT2D eigenvalue weighted by Gasteiger charge is 2.36. The van der Waals surface area contributed by atoms with Crippen LogP contribution in [0.25, 0.3) is 10.9 Å². The molecular formula is C29H29Cl2F4N7O4. The number of carbonyl (C=O) groups is 1. The number of nitrogens with two attached hydrogens (primary N) is 1. The van der Waals surface area contributed by atoms with Gasteiger partial charge in [-0.15, -0.1) is 0 Å². The molecular weight excluding hydrogens is 657 g/mol. The zero-order chi connectivity index (χ0) is 33.7. The van der Waals surface area contributed by atoms with E-state index >= 15 is 4.39 Å². The first-order valence-electron chi connectivity index (χ1n) is 14.0. The summed E-state index contributed by atoms with van der Waals surface area (Å²) >= 11 is 12.2. The summed E-state index contributed by atoms with van der Waals surface area (Å²) in [6.45, 7) is 2.93. The highest BCUT2D eigenvalue weighted by molar-refractivity contribution is 6.35.